The summed E-state index contributed by atoms with van der Waals surface area (Å²) in [4.78, 5) is 4.75. The van der Waals surface area contributed by atoms with E-state index in [-0.39, 0.29) is 0 Å². The number of thiazole rings is 1. The maximum Gasteiger partial charge on any atom is 0.183 e. The molecule has 3 aromatic rings. The number of ether oxygens (including phenoxy) is 1. The summed E-state index contributed by atoms with van der Waals surface area (Å²) in [6, 6.07) is 12.5. The van der Waals surface area contributed by atoms with Gasteiger partial charge in [0.1, 0.15) is 5.75 Å². The lowest BCUT2D eigenvalue weighted by molar-refractivity contribution is 0.410. The molecule has 0 fully saturated rings. The first-order valence-corrected chi connectivity index (χ1v) is 8.86. The minimum atomic E-state index is 0.697. The van der Waals surface area contributed by atoms with Crippen molar-refractivity contribution < 1.29 is 4.74 Å². The Balaban J connectivity index is 1.78. The van der Waals surface area contributed by atoms with Gasteiger partial charge in [0.25, 0.3) is 0 Å². The summed E-state index contributed by atoms with van der Waals surface area (Å²) in [6.07, 6.45) is 0. The van der Waals surface area contributed by atoms with Gasteiger partial charge in [0, 0.05) is 23.1 Å². The van der Waals surface area contributed by atoms with Crippen LogP contribution in [0.1, 0.15) is 22.3 Å². The van der Waals surface area contributed by atoms with Crippen LogP contribution in [0.2, 0.25) is 0 Å². The molecule has 1 heterocycles. The highest BCUT2D eigenvalue weighted by Crippen LogP contribution is 2.30. The lowest BCUT2D eigenvalue weighted by Gasteiger charge is -2.09. The lowest BCUT2D eigenvalue weighted by atomic mass is 9.99. The fourth-order valence-corrected chi connectivity index (χ4v) is 3.44. The molecule has 1 aromatic heterocycles. The van der Waals surface area contributed by atoms with E-state index < -0.39 is 0 Å². The number of aromatic nitrogens is 1. The van der Waals surface area contributed by atoms with E-state index in [0.29, 0.717) is 6.54 Å². The zero-order chi connectivity index (χ0) is 17.1. The largest absolute Gasteiger partial charge is 0.496 e. The first kappa shape index (κ1) is 16.5. The van der Waals surface area contributed by atoms with Gasteiger partial charge in [-0.2, -0.15) is 0 Å². The van der Waals surface area contributed by atoms with Crippen molar-refractivity contribution in [2.75, 3.05) is 12.4 Å². The summed E-state index contributed by atoms with van der Waals surface area (Å²) in [6.45, 7) is 7.13. The van der Waals surface area contributed by atoms with E-state index in [4.69, 9.17) is 9.72 Å². The molecule has 1 N–H and O–H groups in total. The zero-order valence-corrected chi connectivity index (χ0v) is 15.3. The first-order chi connectivity index (χ1) is 11.6. The number of nitrogens with one attached hydrogen (secondary N) is 1. The Hall–Kier alpha value is -2.33. The molecule has 0 aliphatic heterocycles. The van der Waals surface area contributed by atoms with Gasteiger partial charge in [-0.25, -0.2) is 4.98 Å². The monoisotopic (exact) mass is 338 g/mol. The molecule has 0 amide bonds. The van der Waals surface area contributed by atoms with Gasteiger partial charge in [-0.1, -0.05) is 24.3 Å². The average molecular weight is 338 g/mol. The number of rotatable bonds is 5. The molecule has 0 aliphatic carbocycles. The van der Waals surface area contributed by atoms with Gasteiger partial charge in [-0.05, 0) is 49.6 Å². The number of hydrogen-bond donors (Lipinski definition) is 1. The van der Waals surface area contributed by atoms with Crippen molar-refractivity contribution in [2.45, 2.75) is 27.3 Å². The molecule has 24 heavy (non-hydrogen) atoms. The van der Waals surface area contributed by atoms with Crippen LogP contribution in [0.15, 0.2) is 41.8 Å². The van der Waals surface area contributed by atoms with Crippen LogP contribution in [0, 0.1) is 20.8 Å². The van der Waals surface area contributed by atoms with E-state index in [1.165, 1.54) is 22.3 Å². The van der Waals surface area contributed by atoms with E-state index in [9.17, 15) is 0 Å². The summed E-state index contributed by atoms with van der Waals surface area (Å²) in [7, 11) is 1.70. The Bertz CT molecular complexity index is 855. The van der Waals surface area contributed by atoms with E-state index in [1.54, 1.807) is 18.4 Å². The van der Waals surface area contributed by atoms with Gasteiger partial charge >= 0.3 is 0 Å². The predicted octanol–water partition coefficient (Wildman–Crippen LogP) is 5.36. The molecule has 0 bridgehead atoms. The maximum absolute atomic E-state index is 5.39. The van der Waals surface area contributed by atoms with Gasteiger partial charge < -0.3 is 10.1 Å². The van der Waals surface area contributed by atoms with Gasteiger partial charge in [0.05, 0.1) is 12.8 Å². The molecule has 4 heteroatoms. The smallest absolute Gasteiger partial charge is 0.183 e. The Labute approximate surface area is 147 Å². The summed E-state index contributed by atoms with van der Waals surface area (Å²) in [5.74, 6) is 0.895. The first-order valence-electron chi connectivity index (χ1n) is 7.98. The van der Waals surface area contributed by atoms with Crippen LogP contribution in [0.25, 0.3) is 11.3 Å². The summed E-state index contributed by atoms with van der Waals surface area (Å²) in [5.41, 5.74) is 7.25. The zero-order valence-electron chi connectivity index (χ0n) is 14.5. The second-order valence-corrected chi connectivity index (χ2v) is 6.81. The third-order valence-corrected chi connectivity index (χ3v) is 5.04. The fraction of sp³-hybridized carbons (Fsp3) is 0.250. The number of hydrogen-bond acceptors (Lipinski definition) is 4. The second kappa shape index (κ2) is 7.05. The Morgan fingerprint density at radius 2 is 1.79 bits per heavy atom. The molecule has 0 radical (unpaired) electrons. The van der Waals surface area contributed by atoms with Crippen LogP contribution in [0.4, 0.5) is 5.13 Å². The van der Waals surface area contributed by atoms with Crippen molar-refractivity contribution >= 4 is 16.5 Å². The molecule has 0 atom stereocenters. The van der Waals surface area contributed by atoms with Gasteiger partial charge in [-0.15, -0.1) is 11.3 Å². The average Bonchev–Trinajstić information content (AvgIpc) is 3.05. The van der Waals surface area contributed by atoms with E-state index in [2.05, 4.69) is 49.7 Å². The van der Waals surface area contributed by atoms with E-state index in [1.807, 2.05) is 18.2 Å². The molecule has 124 valence electrons. The van der Waals surface area contributed by atoms with Crippen molar-refractivity contribution in [3.05, 3.63) is 64.0 Å². The topological polar surface area (TPSA) is 34.1 Å². The number of anilines is 1. The number of para-hydroxylation sites is 1. The number of nitrogens with zero attached hydrogens (tertiary/aromatic N) is 1. The molecular weight excluding hydrogens is 316 g/mol. The van der Waals surface area contributed by atoms with Crippen molar-refractivity contribution in [1.82, 2.24) is 4.98 Å². The van der Waals surface area contributed by atoms with Crippen LogP contribution in [0.3, 0.4) is 0 Å². The summed E-state index contributed by atoms with van der Waals surface area (Å²) in [5, 5.41) is 6.44. The molecule has 0 saturated carbocycles. The normalized spacial score (nSPS) is 10.7. The van der Waals surface area contributed by atoms with Gasteiger partial charge in [0.2, 0.25) is 0 Å². The van der Waals surface area contributed by atoms with Crippen molar-refractivity contribution in [2.24, 2.45) is 0 Å². The quantitative estimate of drug-likeness (QED) is 0.680. The van der Waals surface area contributed by atoms with Crippen molar-refractivity contribution in [1.29, 1.82) is 0 Å². The fourth-order valence-electron chi connectivity index (χ4n) is 2.73. The van der Waals surface area contributed by atoms with Crippen LogP contribution in [-0.4, -0.2) is 12.1 Å². The Morgan fingerprint density at radius 3 is 2.58 bits per heavy atom. The standard InChI is InChI=1S/C20H22N2OS/c1-13-9-15(3)17(10-14(13)2)18-12-24-20(22-18)21-11-16-7-5-6-8-19(16)23-4/h5-10,12H,11H2,1-4H3,(H,21,22). The van der Waals surface area contributed by atoms with Crippen molar-refractivity contribution in [3.8, 4) is 17.0 Å². The highest BCUT2D eigenvalue weighted by atomic mass is 32.1. The van der Waals surface area contributed by atoms with Crippen LogP contribution in [-0.2, 0) is 6.54 Å². The predicted molar refractivity (Wildman–Crippen MR) is 102 cm³/mol. The van der Waals surface area contributed by atoms with Crippen LogP contribution < -0.4 is 10.1 Å². The summed E-state index contributed by atoms with van der Waals surface area (Å²) >= 11 is 1.63. The molecule has 3 rings (SSSR count). The van der Waals surface area contributed by atoms with Crippen LogP contribution >= 0.6 is 11.3 Å². The number of methoxy groups -OCH3 is 1. The van der Waals surface area contributed by atoms with Gasteiger partial charge in [-0.3, -0.25) is 0 Å². The third kappa shape index (κ3) is 3.44. The lowest BCUT2D eigenvalue weighted by Crippen LogP contribution is -2.01. The Morgan fingerprint density at radius 1 is 1.04 bits per heavy atom. The minimum Gasteiger partial charge on any atom is -0.496 e. The molecule has 0 spiro atoms. The van der Waals surface area contributed by atoms with Crippen molar-refractivity contribution in [3.63, 3.8) is 0 Å². The molecule has 0 saturated heterocycles. The van der Waals surface area contributed by atoms with Gasteiger partial charge in [0.15, 0.2) is 5.13 Å². The second-order valence-electron chi connectivity index (χ2n) is 5.95. The molecule has 0 aliphatic rings. The number of aryl methyl sites for hydroxylation is 3. The van der Waals surface area contributed by atoms with E-state index in [0.717, 1.165) is 22.1 Å². The minimum absolute atomic E-state index is 0.697. The Kier molecular flexibility index (Phi) is 4.86. The highest BCUT2D eigenvalue weighted by Gasteiger charge is 2.09. The maximum atomic E-state index is 5.39. The number of benzene rings is 2. The molecule has 0 unspecified atom stereocenters. The van der Waals surface area contributed by atoms with E-state index >= 15 is 0 Å². The molecule has 3 nitrogen and oxygen atoms in total. The highest BCUT2D eigenvalue weighted by molar-refractivity contribution is 7.14. The molecule has 2 aromatic carbocycles. The third-order valence-electron chi connectivity index (χ3n) is 4.24. The van der Waals surface area contributed by atoms with Crippen LogP contribution in [0.5, 0.6) is 5.75 Å². The summed E-state index contributed by atoms with van der Waals surface area (Å²) < 4.78 is 5.39. The molecular formula is C20H22N2OS. The SMILES string of the molecule is COc1ccccc1CNc1nc(-c2cc(C)c(C)cc2C)cs1.